The van der Waals surface area contributed by atoms with Gasteiger partial charge in [-0.15, -0.1) is 0 Å². The molecule has 2 unspecified atom stereocenters. The third kappa shape index (κ3) is 2.77. The number of anilines is 1. The maximum absolute atomic E-state index is 12.3. The number of nitrogens with zero attached hydrogens (tertiary/aromatic N) is 1. The summed E-state index contributed by atoms with van der Waals surface area (Å²) < 4.78 is 0. The Kier molecular flexibility index (Phi) is 3.89. The van der Waals surface area contributed by atoms with Gasteiger partial charge in [-0.05, 0) is 57.2 Å². The molecular weight excluding hydrogens is 262 g/mol. The molecule has 4 heteroatoms. The number of carbonyl (C=O) groups is 1. The molecule has 0 radical (unpaired) electrons. The van der Waals surface area contributed by atoms with Crippen LogP contribution in [-0.4, -0.2) is 36.5 Å². The highest BCUT2D eigenvalue weighted by Crippen LogP contribution is 2.37. The summed E-state index contributed by atoms with van der Waals surface area (Å²) in [5, 5.41) is 3.08. The van der Waals surface area contributed by atoms with Gasteiger partial charge in [0.05, 0.1) is 5.56 Å². The Labute approximate surface area is 126 Å². The van der Waals surface area contributed by atoms with Crippen molar-refractivity contribution in [1.29, 1.82) is 0 Å². The summed E-state index contributed by atoms with van der Waals surface area (Å²) in [7, 11) is 2.24. The lowest BCUT2D eigenvalue weighted by atomic mass is 9.91. The summed E-state index contributed by atoms with van der Waals surface area (Å²) in [5.74, 6) is 0.566. The van der Waals surface area contributed by atoms with Crippen molar-refractivity contribution in [2.24, 2.45) is 5.92 Å². The zero-order valence-electron chi connectivity index (χ0n) is 12.9. The molecule has 2 aliphatic rings. The lowest BCUT2D eigenvalue weighted by Gasteiger charge is -2.36. The summed E-state index contributed by atoms with van der Waals surface area (Å²) in [5.41, 5.74) is 8.15. The predicted octanol–water partition coefficient (Wildman–Crippen LogP) is 2.18. The Morgan fingerprint density at radius 1 is 1.33 bits per heavy atom. The SMILES string of the molecule is Cc1cccc(C(=O)NCC2CC3CCC(C2)N3C)c1N. The Bertz CT molecular complexity index is 529. The van der Waals surface area contributed by atoms with Gasteiger partial charge in [0.25, 0.3) is 5.91 Å². The van der Waals surface area contributed by atoms with Gasteiger partial charge in [0, 0.05) is 24.3 Å². The number of rotatable bonds is 3. The molecule has 2 aliphatic heterocycles. The second kappa shape index (κ2) is 5.68. The van der Waals surface area contributed by atoms with Crippen molar-refractivity contribution in [3.05, 3.63) is 29.3 Å². The van der Waals surface area contributed by atoms with Crippen LogP contribution in [0.2, 0.25) is 0 Å². The van der Waals surface area contributed by atoms with E-state index in [0.29, 0.717) is 17.2 Å². The van der Waals surface area contributed by atoms with E-state index in [9.17, 15) is 4.79 Å². The summed E-state index contributed by atoms with van der Waals surface area (Å²) >= 11 is 0. The zero-order chi connectivity index (χ0) is 15.0. The lowest BCUT2D eigenvalue weighted by Crippen LogP contribution is -2.43. The first kappa shape index (κ1) is 14.4. The van der Waals surface area contributed by atoms with Crippen molar-refractivity contribution in [2.45, 2.75) is 44.7 Å². The fourth-order valence-corrected chi connectivity index (χ4v) is 3.90. The maximum Gasteiger partial charge on any atom is 0.253 e. The molecule has 2 saturated heterocycles. The normalized spacial score (nSPS) is 28.6. The van der Waals surface area contributed by atoms with Gasteiger partial charge in [-0.2, -0.15) is 0 Å². The first-order valence-electron chi connectivity index (χ1n) is 7.91. The van der Waals surface area contributed by atoms with Crippen LogP contribution < -0.4 is 11.1 Å². The smallest absolute Gasteiger partial charge is 0.253 e. The molecule has 0 spiro atoms. The van der Waals surface area contributed by atoms with Crippen molar-refractivity contribution in [3.8, 4) is 0 Å². The molecule has 21 heavy (non-hydrogen) atoms. The first-order chi connectivity index (χ1) is 10.1. The Morgan fingerprint density at radius 3 is 2.67 bits per heavy atom. The monoisotopic (exact) mass is 287 g/mol. The summed E-state index contributed by atoms with van der Waals surface area (Å²) in [6.45, 7) is 2.70. The minimum absolute atomic E-state index is 0.0394. The molecular formula is C17H25N3O. The minimum Gasteiger partial charge on any atom is -0.398 e. The fourth-order valence-electron chi connectivity index (χ4n) is 3.90. The van der Waals surface area contributed by atoms with Gasteiger partial charge in [0.15, 0.2) is 0 Å². The number of nitrogens with one attached hydrogen (secondary N) is 1. The van der Waals surface area contributed by atoms with E-state index in [2.05, 4.69) is 17.3 Å². The average molecular weight is 287 g/mol. The maximum atomic E-state index is 12.3. The summed E-state index contributed by atoms with van der Waals surface area (Å²) in [6.07, 6.45) is 5.04. The Balaban J connectivity index is 1.58. The van der Waals surface area contributed by atoms with Crippen LogP contribution in [-0.2, 0) is 0 Å². The van der Waals surface area contributed by atoms with Crippen LogP contribution >= 0.6 is 0 Å². The minimum atomic E-state index is -0.0394. The van der Waals surface area contributed by atoms with E-state index in [4.69, 9.17) is 5.73 Å². The molecule has 2 atom stereocenters. The number of aryl methyl sites for hydroxylation is 1. The van der Waals surface area contributed by atoms with Gasteiger partial charge in [-0.25, -0.2) is 0 Å². The van der Waals surface area contributed by atoms with Crippen LogP contribution in [0, 0.1) is 12.8 Å². The van der Waals surface area contributed by atoms with Gasteiger partial charge in [0.2, 0.25) is 0 Å². The number of hydrogen-bond acceptors (Lipinski definition) is 3. The number of piperidine rings is 1. The number of nitrogens with two attached hydrogens (primary N) is 1. The number of nitrogen functional groups attached to an aromatic ring is 1. The van der Waals surface area contributed by atoms with Crippen LogP contribution in [0.5, 0.6) is 0 Å². The van der Waals surface area contributed by atoms with Gasteiger partial charge >= 0.3 is 0 Å². The number of para-hydroxylation sites is 1. The molecule has 2 bridgehead atoms. The number of carbonyl (C=O) groups excluding carboxylic acids is 1. The Morgan fingerprint density at radius 2 is 2.00 bits per heavy atom. The van der Waals surface area contributed by atoms with Crippen molar-refractivity contribution in [2.75, 3.05) is 19.3 Å². The van der Waals surface area contributed by atoms with Crippen molar-refractivity contribution < 1.29 is 4.79 Å². The molecule has 2 heterocycles. The van der Waals surface area contributed by atoms with Crippen LogP contribution in [0.1, 0.15) is 41.6 Å². The quantitative estimate of drug-likeness (QED) is 0.838. The molecule has 0 aromatic heterocycles. The zero-order valence-corrected chi connectivity index (χ0v) is 12.9. The highest BCUT2D eigenvalue weighted by Gasteiger charge is 2.38. The van der Waals surface area contributed by atoms with Crippen LogP contribution in [0.4, 0.5) is 5.69 Å². The lowest BCUT2D eigenvalue weighted by molar-refractivity contribution is 0.0918. The van der Waals surface area contributed by atoms with E-state index in [1.54, 1.807) is 6.07 Å². The average Bonchev–Trinajstić information content (AvgIpc) is 2.70. The topological polar surface area (TPSA) is 58.4 Å². The van der Waals surface area contributed by atoms with Crippen molar-refractivity contribution in [1.82, 2.24) is 10.2 Å². The van der Waals surface area contributed by atoms with Crippen molar-refractivity contribution >= 4 is 11.6 Å². The van der Waals surface area contributed by atoms with Crippen LogP contribution in [0.15, 0.2) is 18.2 Å². The van der Waals surface area contributed by atoms with Crippen LogP contribution in [0.25, 0.3) is 0 Å². The van der Waals surface area contributed by atoms with E-state index < -0.39 is 0 Å². The predicted molar refractivity (Wildman–Crippen MR) is 85.2 cm³/mol. The Hall–Kier alpha value is -1.55. The molecule has 3 rings (SSSR count). The second-order valence-electron chi connectivity index (χ2n) is 6.63. The van der Waals surface area contributed by atoms with Gasteiger partial charge in [-0.1, -0.05) is 12.1 Å². The molecule has 1 aromatic carbocycles. The first-order valence-corrected chi connectivity index (χ1v) is 7.91. The number of fused-ring (bicyclic) bond motifs is 2. The third-order valence-electron chi connectivity index (χ3n) is 5.32. The van der Waals surface area contributed by atoms with Gasteiger partial charge in [0.1, 0.15) is 0 Å². The number of amides is 1. The van der Waals surface area contributed by atoms with Crippen molar-refractivity contribution in [3.63, 3.8) is 0 Å². The highest BCUT2D eigenvalue weighted by atomic mass is 16.1. The van der Waals surface area contributed by atoms with Gasteiger partial charge in [-0.3, -0.25) is 4.79 Å². The van der Waals surface area contributed by atoms with E-state index in [-0.39, 0.29) is 5.91 Å². The van der Waals surface area contributed by atoms with E-state index in [1.165, 1.54) is 25.7 Å². The molecule has 4 nitrogen and oxygen atoms in total. The van der Waals surface area contributed by atoms with E-state index in [1.807, 2.05) is 19.1 Å². The standard InChI is InChI=1S/C17H25N3O/c1-11-4-3-5-15(16(11)18)17(21)19-10-12-8-13-6-7-14(9-12)20(13)2/h3-5,12-14H,6-10,18H2,1-2H3,(H,19,21). The highest BCUT2D eigenvalue weighted by molar-refractivity contribution is 5.99. The molecule has 0 aliphatic carbocycles. The molecule has 1 amide bonds. The third-order valence-corrected chi connectivity index (χ3v) is 5.32. The summed E-state index contributed by atoms with van der Waals surface area (Å²) in [6, 6.07) is 7.05. The van der Waals surface area contributed by atoms with Gasteiger partial charge < -0.3 is 16.0 Å². The fraction of sp³-hybridized carbons (Fsp3) is 0.588. The number of benzene rings is 1. The second-order valence-corrected chi connectivity index (χ2v) is 6.63. The largest absolute Gasteiger partial charge is 0.398 e. The van der Waals surface area contributed by atoms with Crippen LogP contribution in [0.3, 0.4) is 0 Å². The number of hydrogen-bond donors (Lipinski definition) is 2. The molecule has 2 fully saturated rings. The van der Waals surface area contributed by atoms with E-state index in [0.717, 1.165) is 24.2 Å². The van der Waals surface area contributed by atoms with E-state index >= 15 is 0 Å². The molecule has 0 saturated carbocycles. The molecule has 114 valence electrons. The molecule has 1 aromatic rings. The molecule has 3 N–H and O–H groups in total. The summed E-state index contributed by atoms with van der Waals surface area (Å²) in [4.78, 5) is 14.8.